The molecule has 0 spiro atoms. The highest BCUT2D eigenvalue weighted by atomic mass is 35.5. The first-order valence-electron chi connectivity index (χ1n) is 7.22. The summed E-state index contributed by atoms with van der Waals surface area (Å²) in [5.74, 6) is 0.108. The molecule has 0 amide bonds. The molecular formula is C16H22Cl3NO. The third-order valence-electron chi connectivity index (χ3n) is 4.35. The van der Waals surface area contributed by atoms with Crippen molar-refractivity contribution in [2.24, 2.45) is 0 Å². The third kappa shape index (κ3) is 4.59. The van der Waals surface area contributed by atoms with Crippen LogP contribution in [0.2, 0.25) is 10.0 Å². The monoisotopic (exact) mass is 349 g/mol. The lowest BCUT2D eigenvalue weighted by atomic mass is 9.92. The van der Waals surface area contributed by atoms with Crippen molar-refractivity contribution in [2.75, 3.05) is 7.05 Å². The molecule has 21 heavy (non-hydrogen) atoms. The Morgan fingerprint density at radius 3 is 2.38 bits per heavy atom. The SMILES string of the molecule is CC(C(=O)c1ccc(Cl)c(Cl)c1)N(C)C1CCCCC1.Cl. The fraction of sp³-hybridized carbons (Fsp3) is 0.562. The average molecular weight is 351 g/mol. The van der Waals surface area contributed by atoms with Crippen LogP contribution in [0.25, 0.3) is 0 Å². The first-order valence-corrected chi connectivity index (χ1v) is 7.97. The van der Waals surface area contributed by atoms with Gasteiger partial charge < -0.3 is 0 Å². The Morgan fingerprint density at radius 2 is 1.81 bits per heavy atom. The maximum Gasteiger partial charge on any atom is 0.179 e. The summed E-state index contributed by atoms with van der Waals surface area (Å²) in [5, 5.41) is 0.918. The van der Waals surface area contributed by atoms with Crippen LogP contribution >= 0.6 is 35.6 Å². The van der Waals surface area contributed by atoms with Gasteiger partial charge in [0.05, 0.1) is 16.1 Å². The molecule has 1 saturated carbocycles. The van der Waals surface area contributed by atoms with Crippen molar-refractivity contribution in [3.63, 3.8) is 0 Å². The summed E-state index contributed by atoms with van der Waals surface area (Å²) in [4.78, 5) is 14.8. The Kier molecular flexibility index (Phi) is 7.49. The number of ketones is 1. The van der Waals surface area contributed by atoms with E-state index in [1.807, 2.05) is 6.92 Å². The second kappa shape index (κ2) is 8.38. The Bertz CT molecular complexity index is 486. The van der Waals surface area contributed by atoms with Crippen LogP contribution in [-0.2, 0) is 0 Å². The number of benzene rings is 1. The smallest absolute Gasteiger partial charge is 0.179 e. The highest BCUT2D eigenvalue weighted by Gasteiger charge is 2.26. The molecule has 1 aromatic carbocycles. The molecule has 1 aromatic rings. The molecule has 118 valence electrons. The molecule has 0 aromatic heterocycles. The van der Waals surface area contributed by atoms with E-state index in [9.17, 15) is 4.79 Å². The molecule has 1 fully saturated rings. The number of carbonyl (C=O) groups is 1. The van der Waals surface area contributed by atoms with Crippen molar-refractivity contribution < 1.29 is 4.79 Å². The molecule has 2 rings (SSSR count). The van der Waals surface area contributed by atoms with E-state index in [1.54, 1.807) is 18.2 Å². The molecule has 1 atom stereocenters. The van der Waals surface area contributed by atoms with Crippen molar-refractivity contribution in [3.05, 3.63) is 33.8 Å². The molecule has 0 N–H and O–H groups in total. The van der Waals surface area contributed by atoms with Gasteiger partial charge in [-0.1, -0.05) is 42.5 Å². The zero-order valence-corrected chi connectivity index (χ0v) is 14.8. The van der Waals surface area contributed by atoms with Crippen molar-refractivity contribution in [1.29, 1.82) is 0 Å². The van der Waals surface area contributed by atoms with Gasteiger partial charge >= 0.3 is 0 Å². The Morgan fingerprint density at radius 1 is 1.19 bits per heavy atom. The van der Waals surface area contributed by atoms with Crippen LogP contribution in [-0.4, -0.2) is 29.8 Å². The van der Waals surface area contributed by atoms with Crippen LogP contribution in [0, 0.1) is 0 Å². The van der Waals surface area contributed by atoms with E-state index in [0.29, 0.717) is 21.7 Å². The Hall–Kier alpha value is -0.280. The van der Waals surface area contributed by atoms with E-state index in [4.69, 9.17) is 23.2 Å². The van der Waals surface area contributed by atoms with Crippen LogP contribution in [0.3, 0.4) is 0 Å². The Balaban J connectivity index is 0.00000220. The quantitative estimate of drug-likeness (QED) is 0.691. The minimum atomic E-state index is -0.129. The molecule has 2 nitrogen and oxygen atoms in total. The molecule has 0 aliphatic heterocycles. The number of rotatable bonds is 4. The van der Waals surface area contributed by atoms with Gasteiger partial charge in [0.1, 0.15) is 0 Å². The van der Waals surface area contributed by atoms with Gasteiger partial charge in [-0.05, 0) is 45.0 Å². The van der Waals surface area contributed by atoms with Gasteiger partial charge in [-0.2, -0.15) is 0 Å². The highest BCUT2D eigenvalue weighted by Crippen LogP contribution is 2.26. The first-order chi connectivity index (χ1) is 9.50. The van der Waals surface area contributed by atoms with Crippen molar-refractivity contribution in [3.8, 4) is 0 Å². The molecule has 0 saturated heterocycles. The van der Waals surface area contributed by atoms with E-state index < -0.39 is 0 Å². The summed E-state index contributed by atoms with van der Waals surface area (Å²) in [6, 6.07) is 5.49. The van der Waals surface area contributed by atoms with Gasteiger partial charge in [0, 0.05) is 11.6 Å². The van der Waals surface area contributed by atoms with Gasteiger partial charge in [-0.25, -0.2) is 0 Å². The molecular weight excluding hydrogens is 329 g/mol. The Labute approximate surface area is 143 Å². The van der Waals surface area contributed by atoms with Gasteiger partial charge in [0.2, 0.25) is 0 Å². The predicted octanol–water partition coefficient (Wildman–Crippen LogP) is 5.25. The van der Waals surface area contributed by atoms with Crippen LogP contribution in [0.15, 0.2) is 18.2 Å². The molecule has 1 aliphatic rings. The zero-order valence-electron chi connectivity index (χ0n) is 12.4. The predicted molar refractivity (Wildman–Crippen MR) is 92.1 cm³/mol. The summed E-state index contributed by atoms with van der Waals surface area (Å²) in [6.45, 7) is 1.97. The van der Waals surface area contributed by atoms with Gasteiger partial charge in [-0.15, -0.1) is 12.4 Å². The lowest BCUT2D eigenvalue weighted by molar-refractivity contribution is 0.0778. The van der Waals surface area contributed by atoms with Crippen molar-refractivity contribution in [2.45, 2.75) is 51.1 Å². The third-order valence-corrected chi connectivity index (χ3v) is 5.08. The molecule has 0 radical (unpaired) electrons. The molecule has 1 aliphatic carbocycles. The number of hydrogen-bond donors (Lipinski definition) is 0. The lowest BCUT2D eigenvalue weighted by Crippen LogP contribution is -2.43. The number of nitrogens with zero attached hydrogens (tertiary/aromatic N) is 1. The van der Waals surface area contributed by atoms with E-state index in [1.165, 1.54) is 32.1 Å². The molecule has 1 unspecified atom stereocenters. The van der Waals surface area contributed by atoms with Gasteiger partial charge in [0.15, 0.2) is 5.78 Å². The number of Topliss-reactive ketones (excluding diaryl/α,β-unsaturated/α-hetero) is 1. The summed E-state index contributed by atoms with van der Waals surface area (Å²) < 4.78 is 0. The molecule has 0 bridgehead atoms. The summed E-state index contributed by atoms with van der Waals surface area (Å²) in [6.07, 6.45) is 6.23. The normalized spacial score (nSPS) is 17.4. The zero-order chi connectivity index (χ0) is 14.7. The number of halogens is 3. The first kappa shape index (κ1) is 18.8. The summed E-state index contributed by atoms with van der Waals surface area (Å²) >= 11 is 11.9. The maximum atomic E-state index is 12.5. The minimum absolute atomic E-state index is 0. The second-order valence-corrected chi connectivity index (χ2v) is 6.44. The maximum absolute atomic E-state index is 12.5. The minimum Gasteiger partial charge on any atom is -0.294 e. The van der Waals surface area contributed by atoms with Crippen molar-refractivity contribution >= 4 is 41.4 Å². The van der Waals surface area contributed by atoms with Crippen LogP contribution in [0.1, 0.15) is 49.4 Å². The molecule has 0 heterocycles. The summed E-state index contributed by atoms with van der Waals surface area (Å²) in [7, 11) is 2.05. The number of likely N-dealkylation sites (N-methyl/N-ethyl adjacent to an activating group) is 1. The van der Waals surface area contributed by atoms with Crippen LogP contribution in [0.4, 0.5) is 0 Å². The average Bonchev–Trinajstić information content (AvgIpc) is 2.48. The topological polar surface area (TPSA) is 20.3 Å². The fourth-order valence-corrected chi connectivity index (χ4v) is 3.18. The highest BCUT2D eigenvalue weighted by molar-refractivity contribution is 6.42. The van der Waals surface area contributed by atoms with Crippen molar-refractivity contribution in [1.82, 2.24) is 4.90 Å². The summed E-state index contributed by atoms with van der Waals surface area (Å²) in [5.41, 5.74) is 0.634. The van der Waals surface area contributed by atoms with E-state index in [0.717, 1.165) is 0 Å². The van der Waals surface area contributed by atoms with E-state index in [-0.39, 0.29) is 24.2 Å². The number of carbonyl (C=O) groups excluding carboxylic acids is 1. The van der Waals surface area contributed by atoms with E-state index in [2.05, 4.69) is 11.9 Å². The fourth-order valence-electron chi connectivity index (χ4n) is 2.88. The molecule has 5 heteroatoms. The number of hydrogen-bond acceptors (Lipinski definition) is 2. The second-order valence-electron chi connectivity index (χ2n) is 5.63. The van der Waals surface area contributed by atoms with Crippen LogP contribution in [0.5, 0.6) is 0 Å². The van der Waals surface area contributed by atoms with E-state index >= 15 is 0 Å². The van der Waals surface area contributed by atoms with Gasteiger partial charge in [-0.3, -0.25) is 9.69 Å². The standard InChI is InChI=1S/C16H21Cl2NO.ClH/c1-11(19(2)13-6-4-3-5-7-13)16(20)12-8-9-14(17)15(18)10-12;/h8-11,13H,3-7H2,1-2H3;1H. The van der Waals surface area contributed by atoms with Crippen LogP contribution < -0.4 is 0 Å². The lowest BCUT2D eigenvalue weighted by Gasteiger charge is -2.34. The van der Waals surface area contributed by atoms with Gasteiger partial charge in [0.25, 0.3) is 0 Å². The largest absolute Gasteiger partial charge is 0.294 e.